The summed E-state index contributed by atoms with van der Waals surface area (Å²) in [5.41, 5.74) is 1.57. The fourth-order valence-corrected chi connectivity index (χ4v) is 4.78. The van der Waals surface area contributed by atoms with Crippen LogP contribution in [0.25, 0.3) is 16.6 Å². The second kappa shape index (κ2) is 10.3. The highest BCUT2D eigenvalue weighted by atomic mass is 16.5. The fourth-order valence-electron chi connectivity index (χ4n) is 4.78. The van der Waals surface area contributed by atoms with Gasteiger partial charge in [-0.15, -0.1) is 0 Å². The van der Waals surface area contributed by atoms with Crippen LogP contribution in [0, 0.1) is 11.8 Å². The zero-order chi connectivity index (χ0) is 25.4. The van der Waals surface area contributed by atoms with Gasteiger partial charge in [-0.1, -0.05) is 31.4 Å². The van der Waals surface area contributed by atoms with Crippen LogP contribution in [0.15, 0.2) is 42.5 Å². The third-order valence-electron chi connectivity index (χ3n) is 6.79. The molecular weight excluding hydrogens is 472 g/mol. The summed E-state index contributed by atoms with van der Waals surface area (Å²) >= 11 is 0. The minimum Gasteiger partial charge on any atom is -0.464 e. The number of aliphatic hydroxyl groups is 2. The lowest BCUT2D eigenvalue weighted by molar-refractivity contribution is -0.137. The third kappa shape index (κ3) is 5.09. The second-order valence-electron chi connectivity index (χ2n) is 9.42. The topological polar surface area (TPSA) is 108 Å². The number of hydrogen-bond donors (Lipinski definition) is 2. The molecule has 2 N–H and O–H groups in total. The van der Waals surface area contributed by atoms with Crippen molar-refractivity contribution in [2.75, 3.05) is 33.8 Å². The molecule has 9 heteroatoms. The molecule has 0 saturated carbocycles. The van der Waals surface area contributed by atoms with Crippen LogP contribution in [0.3, 0.4) is 0 Å². The van der Waals surface area contributed by atoms with Crippen LogP contribution in [0.2, 0.25) is 0 Å². The van der Waals surface area contributed by atoms with E-state index < -0.39 is 17.5 Å². The number of aromatic nitrogens is 2. The highest BCUT2D eigenvalue weighted by Gasteiger charge is 2.42. The van der Waals surface area contributed by atoms with Crippen molar-refractivity contribution in [2.45, 2.75) is 38.5 Å². The zero-order valence-corrected chi connectivity index (χ0v) is 20.3. The molecule has 2 saturated heterocycles. The van der Waals surface area contributed by atoms with Crippen LogP contribution in [0.4, 0.5) is 0 Å². The highest BCUT2D eigenvalue weighted by molar-refractivity contribution is 6.02. The number of carbonyl (C=O) groups excluding carboxylic acids is 2. The van der Waals surface area contributed by atoms with Crippen molar-refractivity contribution in [3.63, 3.8) is 0 Å². The Morgan fingerprint density at radius 3 is 2.73 bits per heavy atom. The van der Waals surface area contributed by atoms with E-state index in [4.69, 9.17) is 4.74 Å². The molecule has 3 aromatic rings. The Labute approximate surface area is 216 Å². The molecule has 1 amide bonds. The van der Waals surface area contributed by atoms with E-state index in [2.05, 4.69) is 21.8 Å². The summed E-state index contributed by atoms with van der Waals surface area (Å²) in [5.74, 6) is 4.73. The van der Waals surface area contributed by atoms with Crippen molar-refractivity contribution in [3.05, 3.63) is 59.3 Å². The van der Waals surface area contributed by atoms with Gasteiger partial charge in [0.05, 0.1) is 24.4 Å². The van der Waals surface area contributed by atoms with Crippen molar-refractivity contribution in [1.82, 2.24) is 19.6 Å². The number of fused-ring (bicyclic) bond motifs is 1. The first-order valence-corrected chi connectivity index (χ1v) is 11.9. The second-order valence-corrected chi connectivity index (χ2v) is 9.42. The Morgan fingerprint density at radius 1 is 1.24 bits per heavy atom. The molecule has 0 aliphatic carbocycles. The van der Waals surface area contributed by atoms with Crippen LogP contribution in [0.5, 0.6) is 0 Å². The molecule has 194 valence electrons. The molecule has 37 heavy (non-hydrogen) atoms. The van der Waals surface area contributed by atoms with Crippen LogP contribution < -0.4 is 0 Å². The van der Waals surface area contributed by atoms with Gasteiger partial charge in [0, 0.05) is 50.6 Å². The van der Waals surface area contributed by atoms with E-state index in [0.29, 0.717) is 36.3 Å². The van der Waals surface area contributed by atoms with E-state index in [9.17, 15) is 19.8 Å². The number of carbonyl (C=O) groups is 2. The number of amides is 1. The number of esters is 1. The molecule has 2 aromatic carbocycles. The molecule has 0 radical (unpaired) electrons. The maximum atomic E-state index is 12.6. The minimum atomic E-state index is -1.68. The van der Waals surface area contributed by atoms with Gasteiger partial charge < -0.3 is 19.8 Å². The quantitative estimate of drug-likeness (QED) is 0.413. The fraction of sp³-hybridized carbons (Fsp3) is 0.393. The Morgan fingerprint density at radius 2 is 2.05 bits per heavy atom. The van der Waals surface area contributed by atoms with Gasteiger partial charge in [-0.2, -0.15) is 5.10 Å². The number of aliphatic hydroxyl groups excluding tert-OH is 1. The summed E-state index contributed by atoms with van der Waals surface area (Å²) < 4.78 is 6.65. The highest BCUT2D eigenvalue weighted by Crippen LogP contribution is 2.26. The lowest BCUT2D eigenvalue weighted by Gasteiger charge is -2.15. The summed E-state index contributed by atoms with van der Waals surface area (Å²) in [6, 6.07) is 13.1. The normalized spacial score (nSPS) is 21.6. The summed E-state index contributed by atoms with van der Waals surface area (Å²) in [6.07, 6.45) is 0.723. The molecule has 0 bridgehead atoms. The van der Waals surface area contributed by atoms with Gasteiger partial charge in [-0.3, -0.25) is 9.69 Å². The number of methoxy groups -OCH3 is 1. The Balaban J connectivity index is 0.00000320. The Bertz CT molecular complexity index is 1400. The summed E-state index contributed by atoms with van der Waals surface area (Å²) in [7, 11) is 2.97. The van der Waals surface area contributed by atoms with Gasteiger partial charge in [0.15, 0.2) is 5.69 Å². The number of benzene rings is 2. The molecule has 0 spiro atoms. The van der Waals surface area contributed by atoms with Crippen LogP contribution in [-0.4, -0.2) is 87.2 Å². The maximum Gasteiger partial charge on any atom is 0.359 e. The predicted octanol–water partition coefficient (Wildman–Crippen LogP) is 1.96. The smallest absolute Gasteiger partial charge is 0.359 e. The number of hydrogen-bond acceptors (Lipinski definition) is 7. The van der Waals surface area contributed by atoms with E-state index in [1.807, 2.05) is 30.3 Å². The van der Waals surface area contributed by atoms with E-state index in [1.54, 1.807) is 23.9 Å². The minimum absolute atomic E-state index is 0. The van der Waals surface area contributed by atoms with Crippen LogP contribution in [0.1, 0.15) is 41.9 Å². The number of nitrogens with zero attached hydrogens (tertiary/aromatic N) is 4. The number of rotatable bonds is 4. The van der Waals surface area contributed by atoms with Crippen molar-refractivity contribution in [1.29, 1.82) is 0 Å². The molecular formula is C28H32N4O5. The summed E-state index contributed by atoms with van der Waals surface area (Å²) in [4.78, 5) is 28.4. The van der Waals surface area contributed by atoms with Crippen molar-refractivity contribution in [3.8, 4) is 17.5 Å². The van der Waals surface area contributed by atoms with Gasteiger partial charge in [-0.25, -0.2) is 9.48 Å². The number of ether oxygens (including phenoxy) is 1. The van der Waals surface area contributed by atoms with Gasteiger partial charge in [0.1, 0.15) is 0 Å². The summed E-state index contributed by atoms with van der Waals surface area (Å²) in [6.45, 7) is 2.58. The van der Waals surface area contributed by atoms with E-state index in [0.717, 1.165) is 24.0 Å². The first-order chi connectivity index (χ1) is 17.3. The molecule has 2 aliphatic heterocycles. The number of likely N-dealkylation sites (N-methyl/N-ethyl adjacent to an activating group) is 1. The third-order valence-corrected chi connectivity index (χ3v) is 6.79. The summed E-state index contributed by atoms with van der Waals surface area (Å²) in [5, 5.41) is 25.7. The van der Waals surface area contributed by atoms with Gasteiger partial charge in [-0.05, 0) is 42.3 Å². The molecule has 9 nitrogen and oxygen atoms in total. The van der Waals surface area contributed by atoms with Gasteiger partial charge in [0.25, 0.3) is 5.91 Å². The molecule has 3 heterocycles. The van der Waals surface area contributed by atoms with Crippen LogP contribution >= 0.6 is 0 Å². The number of β-amino-alcohol motifs (C(OH)–C–C–N with tert-alkyl or cyclic N) is 1. The maximum absolute atomic E-state index is 12.6. The SMILES string of the molecule is C.COC(=O)c1nn(-c2cccc(C#C[C@]3(O)CCN(C)C3=O)c2)c2ccc(CN3CCC(O)C3)cc12. The first-order valence-electron chi connectivity index (χ1n) is 11.9. The van der Waals surface area contributed by atoms with Crippen molar-refractivity contribution < 1.29 is 24.5 Å². The molecule has 2 aliphatic rings. The largest absolute Gasteiger partial charge is 0.464 e. The zero-order valence-electron chi connectivity index (χ0n) is 20.3. The van der Waals surface area contributed by atoms with Gasteiger partial charge >= 0.3 is 5.97 Å². The molecule has 5 rings (SSSR count). The Kier molecular flexibility index (Phi) is 7.37. The average molecular weight is 505 g/mol. The lowest BCUT2D eigenvalue weighted by atomic mass is 10.0. The monoisotopic (exact) mass is 504 g/mol. The standard InChI is InChI=1S/C27H28N4O5.CH4/c1-29-13-11-27(35,26(29)34)10-8-18-4-3-5-20(14-18)31-23-7-6-19(16-30-12-9-21(32)17-30)15-22(23)24(28-31)25(33)36-2;/h3-7,14-15,21,32,35H,9,11-13,16-17H2,1-2H3;1H4/t21?,27-;/m0./s1. The predicted molar refractivity (Wildman–Crippen MR) is 139 cm³/mol. The van der Waals surface area contributed by atoms with Crippen LogP contribution in [-0.2, 0) is 16.1 Å². The number of likely N-dealkylation sites (tertiary alicyclic amines) is 2. The first kappa shape index (κ1) is 26.4. The molecule has 1 unspecified atom stereocenters. The molecule has 2 atom stereocenters. The average Bonchev–Trinajstić information content (AvgIpc) is 3.54. The lowest BCUT2D eigenvalue weighted by Crippen LogP contribution is -2.37. The molecule has 2 fully saturated rings. The van der Waals surface area contributed by atoms with Gasteiger partial charge in [0.2, 0.25) is 5.60 Å². The van der Waals surface area contributed by atoms with Crippen molar-refractivity contribution >= 4 is 22.8 Å². The Hall–Kier alpha value is -3.71. The van der Waals surface area contributed by atoms with Crippen molar-refractivity contribution in [2.24, 2.45) is 0 Å². The molecule has 1 aromatic heterocycles. The van der Waals surface area contributed by atoms with E-state index in [1.165, 1.54) is 12.0 Å². The van der Waals surface area contributed by atoms with E-state index in [-0.39, 0.29) is 25.6 Å². The van der Waals surface area contributed by atoms with E-state index >= 15 is 0 Å².